The van der Waals surface area contributed by atoms with Crippen LogP contribution in [-0.2, 0) is 23.7 Å². The standard InChI is InChI=1S/C65H125NO13/c1-3-5-7-9-11-13-15-17-19-20-21-22-23-24-25-26-27-28-29-30-31-32-33-34-35-37-39-41-43-45-47-49-57(70)66-53(54(69)48-46-44-42-40-38-36-18-16-14-12-10-8-6-4-2)52-76-64-62(75)60(73)63(56(51-68)78-64)79-65-61(74)59(72)58(71)55(50-67)77-65/h46,48,53-56,58-65,67-69,71-75H,3-45,47,49-52H2,1-2H3,(H,66,70)/b48-46+. The molecule has 2 fully saturated rings. The van der Waals surface area contributed by atoms with Crippen LogP contribution in [0.15, 0.2) is 12.2 Å². The number of unbranched alkanes of at least 4 members (excludes halogenated alkanes) is 42. The molecule has 0 radical (unpaired) electrons. The number of carbonyl (C=O) groups excluding carboxylic acids is 1. The van der Waals surface area contributed by atoms with Crippen LogP contribution < -0.4 is 5.32 Å². The summed E-state index contributed by atoms with van der Waals surface area (Å²) in [4.78, 5) is 13.3. The molecule has 14 heteroatoms. The molecule has 0 spiro atoms. The minimum Gasteiger partial charge on any atom is -0.394 e. The highest BCUT2D eigenvalue weighted by atomic mass is 16.7. The van der Waals surface area contributed by atoms with Crippen molar-refractivity contribution < 1.29 is 64.6 Å². The van der Waals surface area contributed by atoms with E-state index in [-0.39, 0.29) is 18.9 Å². The lowest BCUT2D eigenvalue weighted by molar-refractivity contribution is -0.359. The van der Waals surface area contributed by atoms with Crippen molar-refractivity contribution in [2.75, 3.05) is 19.8 Å². The van der Waals surface area contributed by atoms with E-state index in [2.05, 4.69) is 19.2 Å². The van der Waals surface area contributed by atoms with Crippen LogP contribution in [0.5, 0.6) is 0 Å². The van der Waals surface area contributed by atoms with Gasteiger partial charge >= 0.3 is 0 Å². The van der Waals surface area contributed by atoms with Crippen LogP contribution in [-0.4, -0.2) is 140 Å². The van der Waals surface area contributed by atoms with Gasteiger partial charge in [-0.15, -0.1) is 0 Å². The lowest BCUT2D eigenvalue weighted by Gasteiger charge is -2.46. The Labute approximate surface area is 482 Å². The monoisotopic (exact) mass is 1130 g/mol. The Morgan fingerprint density at radius 1 is 0.443 bits per heavy atom. The summed E-state index contributed by atoms with van der Waals surface area (Å²) in [6.45, 7) is 2.83. The van der Waals surface area contributed by atoms with Crippen LogP contribution in [0.4, 0.5) is 0 Å². The van der Waals surface area contributed by atoms with Gasteiger partial charge in [-0.2, -0.15) is 0 Å². The predicted molar refractivity (Wildman–Crippen MR) is 319 cm³/mol. The van der Waals surface area contributed by atoms with Crippen LogP contribution in [0.2, 0.25) is 0 Å². The molecular formula is C65H125NO13. The second-order valence-electron chi connectivity index (χ2n) is 24.0. The van der Waals surface area contributed by atoms with E-state index in [0.717, 1.165) is 38.5 Å². The van der Waals surface area contributed by atoms with Gasteiger partial charge in [0.05, 0.1) is 32.0 Å². The largest absolute Gasteiger partial charge is 0.394 e. The average molecular weight is 1130 g/mol. The number of nitrogens with one attached hydrogen (secondary N) is 1. The second kappa shape index (κ2) is 51.2. The zero-order valence-electron chi connectivity index (χ0n) is 50.6. The Bertz CT molecular complexity index is 1380. The van der Waals surface area contributed by atoms with Gasteiger partial charge in [0.2, 0.25) is 5.91 Å². The topological polar surface area (TPSA) is 228 Å². The molecule has 79 heavy (non-hydrogen) atoms. The number of amides is 1. The zero-order chi connectivity index (χ0) is 57.4. The van der Waals surface area contributed by atoms with E-state index in [4.69, 9.17) is 18.9 Å². The van der Waals surface area contributed by atoms with Crippen molar-refractivity contribution in [1.29, 1.82) is 0 Å². The van der Waals surface area contributed by atoms with Crippen molar-refractivity contribution in [2.45, 2.75) is 376 Å². The number of rotatable bonds is 55. The van der Waals surface area contributed by atoms with Crippen LogP contribution >= 0.6 is 0 Å². The van der Waals surface area contributed by atoms with Gasteiger partial charge in [-0.3, -0.25) is 4.79 Å². The number of hydrogen-bond acceptors (Lipinski definition) is 13. The number of ether oxygens (including phenoxy) is 4. The van der Waals surface area contributed by atoms with Gasteiger partial charge < -0.3 is 65.1 Å². The van der Waals surface area contributed by atoms with E-state index in [0.29, 0.717) is 6.42 Å². The molecule has 2 saturated heterocycles. The lowest BCUT2D eigenvalue weighted by atomic mass is 9.97. The van der Waals surface area contributed by atoms with E-state index in [1.807, 2.05) is 6.08 Å². The molecule has 2 aliphatic rings. The van der Waals surface area contributed by atoms with Crippen LogP contribution in [0, 0.1) is 0 Å². The van der Waals surface area contributed by atoms with Crippen LogP contribution in [0.25, 0.3) is 0 Å². The highest BCUT2D eigenvalue weighted by molar-refractivity contribution is 5.76. The Morgan fingerprint density at radius 3 is 1.16 bits per heavy atom. The smallest absolute Gasteiger partial charge is 0.220 e. The average Bonchev–Trinajstić information content (AvgIpc) is 3.48. The Hall–Kier alpha value is -1.27. The van der Waals surface area contributed by atoms with E-state index < -0.39 is 86.8 Å². The van der Waals surface area contributed by atoms with Crippen molar-refractivity contribution in [3.63, 3.8) is 0 Å². The molecule has 2 rings (SSSR count). The van der Waals surface area contributed by atoms with Crippen LogP contribution in [0.3, 0.4) is 0 Å². The molecule has 0 aromatic carbocycles. The number of hydrogen-bond donors (Lipinski definition) is 9. The molecule has 0 aliphatic carbocycles. The fourth-order valence-corrected chi connectivity index (χ4v) is 11.4. The molecule has 468 valence electrons. The first-order chi connectivity index (χ1) is 38.6. The maximum absolute atomic E-state index is 13.3. The SMILES string of the molecule is CCCCCCCCCCCCCC/C=C/C(O)C(COC1OC(CO)C(OC2OC(CO)C(O)C(O)C2O)C(O)C1O)NC(=O)CCCCCCCCCCCCCCCCCCCCCCCCCCCCCCCCC. The molecule has 9 N–H and O–H groups in total. The van der Waals surface area contributed by atoms with E-state index in [1.165, 1.54) is 238 Å². The van der Waals surface area contributed by atoms with Crippen molar-refractivity contribution in [3.8, 4) is 0 Å². The van der Waals surface area contributed by atoms with Gasteiger partial charge in [0, 0.05) is 6.42 Å². The summed E-state index contributed by atoms with van der Waals surface area (Å²) in [5, 5.41) is 87.2. The Morgan fingerprint density at radius 2 is 0.785 bits per heavy atom. The normalized spacial score (nSPS) is 24.4. The third-order valence-electron chi connectivity index (χ3n) is 16.7. The van der Waals surface area contributed by atoms with Gasteiger partial charge in [0.1, 0.15) is 48.8 Å². The van der Waals surface area contributed by atoms with Crippen molar-refractivity contribution in [1.82, 2.24) is 5.32 Å². The number of allylic oxidation sites excluding steroid dienone is 1. The minimum absolute atomic E-state index is 0.233. The Balaban J connectivity index is 1.63. The van der Waals surface area contributed by atoms with Gasteiger partial charge in [-0.05, 0) is 19.3 Å². The van der Waals surface area contributed by atoms with Crippen LogP contribution in [0.1, 0.15) is 303 Å². The van der Waals surface area contributed by atoms with Gasteiger partial charge in [0.15, 0.2) is 12.6 Å². The summed E-state index contributed by atoms with van der Waals surface area (Å²) in [6.07, 6.45) is 44.2. The molecule has 0 aromatic heterocycles. The maximum Gasteiger partial charge on any atom is 0.220 e. The van der Waals surface area contributed by atoms with E-state index in [9.17, 15) is 45.6 Å². The number of aliphatic hydroxyl groups excluding tert-OH is 8. The van der Waals surface area contributed by atoms with Crippen molar-refractivity contribution >= 4 is 5.91 Å². The third-order valence-corrected chi connectivity index (χ3v) is 16.7. The lowest BCUT2D eigenvalue weighted by Crippen LogP contribution is -2.65. The number of aliphatic hydroxyl groups is 8. The molecule has 0 bridgehead atoms. The van der Waals surface area contributed by atoms with Gasteiger partial charge in [-0.25, -0.2) is 0 Å². The third kappa shape index (κ3) is 36.2. The molecule has 12 atom stereocenters. The molecule has 0 saturated carbocycles. The number of carbonyl (C=O) groups is 1. The first-order valence-corrected chi connectivity index (χ1v) is 33.4. The fraction of sp³-hybridized carbons (Fsp3) is 0.954. The highest BCUT2D eigenvalue weighted by Crippen LogP contribution is 2.30. The molecule has 14 nitrogen and oxygen atoms in total. The summed E-state index contributed by atoms with van der Waals surface area (Å²) in [6, 6.07) is -0.909. The van der Waals surface area contributed by atoms with Crippen molar-refractivity contribution in [3.05, 3.63) is 12.2 Å². The summed E-state index contributed by atoms with van der Waals surface area (Å²) < 4.78 is 22.8. The second-order valence-corrected chi connectivity index (χ2v) is 24.0. The summed E-state index contributed by atoms with van der Waals surface area (Å²) in [7, 11) is 0. The fourth-order valence-electron chi connectivity index (χ4n) is 11.4. The summed E-state index contributed by atoms with van der Waals surface area (Å²) >= 11 is 0. The van der Waals surface area contributed by atoms with E-state index in [1.54, 1.807) is 6.08 Å². The van der Waals surface area contributed by atoms with E-state index >= 15 is 0 Å². The van der Waals surface area contributed by atoms with Gasteiger partial charge in [0.25, 0.3) is 0 Å². The first kappa shape index (κ1) is 73.8. The molecule has 12 unspecified atom stereocenters. The summed E-state index contributed by atoms with van der Waals surface area (Å²) in [5.74, 6) is -0.233. The molecule has 0 aromatic rings. The first-order valence-electron chi connectivity index (χ1n) is 33.4. The predicted octanol–water partition coefficient (Wildman–Crippen LogP) is 12.6. The zero-order valence-corrected chi connectivity index (χ0v) is 50.6. The summed E-state index contributed by atoms with van der Waals surface area (Å²) in [5.41, 5.74) is 0. The van der Waals surface area contributed by atoms with Crippen molar-refractivity contribution in [2.24, 2.45) is 0 Å². The molecule has 2 aliphatic heterocycles. The Kier molecular flexibility index (Phi) is 47.8. The maximum atomic E-state index is 13.3. The molecular weight excluding hydrogens is 1000 g/mol. The minimum atomic E-state index is -1.79. The quantitative estimate of drug-likeness (QED) is 0.0204. The highest BCUT2D eigenvalue weighted by Gasteiger charge is 2.51. The van der Waals surface area contributed by atoms with Gasteiger partial charge in [-0.1, -0.05) is 289 Å². The molecule has 2 heterocycles. The molecule has 1 amide bonds.